The molecule has 4 rings (SSSR count). The average Bonchev–Trinajstić information content (AvgIpc) is 3.11. The molecule has 1 unspecified atom stereocenters. The van der Waals surface area contributed by atoms with Gasteiger partial charge in [-0.3, -0.25) is 14.4 Å². The monoisotopic (exact) mass is 450 g/mol. The van der Waals surface area contributed by atoms with E-state index < -0.39 is 0 Å². The summed E-state index contributed by atoms with van der Waals surface area (Å²) in [5.74, 6) is -0.543. The minimum atomic E-state index is -0.372. The third kappa shape index (κ3) is 4.43. The van der Waals surface area contributed by atoms with Crippen molar-refractivity contribution in [3.05, 3.63) is 86.8 Å². The van der Waals surface area contributed by atoms with Crippen LogP contribution in [0.25, 0.3) is 0 Å². The Hall–Kier alpha value is -3.45. The molecular formula is C24H23ClN4O3. The highest BCUT2D eigenvalue weighted by atomic mass is 35.5. The summed E-state index contributed by atoms with van der Waals surface area (Å²) in [6, 6.07) is 15.7. The minimum Gasteiger partial charge on any atom is -0.326 e. The zero-order valence-electron chi connectivity index (χ0n) is 17.8. The number of nitrogens with one attached hydrogen (secondary N) is 1. The van der Waals surface area contributed by atoms with Crippen LogP contribution in [0.4, 0.5) is 11.4 Å². The number of halogens is 1. The van der Waals surface area contributed by atoms with Crippen LogP contribution in [0.2, 0.25) is 5.02 Å². The van der Waals surface area contributed by atoms with Crippen LogP contribution >= 0.6 is 11.6 Å². The number of rotatable bonds is 5. The molecule has 164 valence electrons. The molecule has 0 fully saturated rings. The number of carbonyl (C=O) groups excluding carboxylic acids is 2. The Morgan fingerprint density at radius 1 is 1.16 bits per heavy atom. The maximum Gasteiger partial charge on any atom is 0.278 e. The molecule has 3 aromatic rings. The molecule has 0 saturated carbocycles. The lowest BCUT2D eigenvalue weighted by Crippen LogP contribution is -2.37. The van der Waals surface area contributed by atoms with Crippen molar-refractivity contribution in [1.29, 1.82) is 0 Å². The Morgan fingerprint density at radius 2 is 1.94 bits per heavy atom. The van der Waals surface area contributed by atoms with E-state index in [1.165, 1.54) is 12.1 Å². The molecule has 0 bridgehead atoms. The van der Waals surface area contributed by atoms with Crippen molar-refractivity contribution in [2.75, 3.05) is 10.2 Å². The van der Waals surface area contributed by atoms with Crippen molar-refractivity contribution in [2.45, 2.75) is 39.3 Å². The summed E-state index contributed by atoms with van der Waals surface area (Å²) in [6.45, 7) is 3.90. The summed E-state index contributed by atoms with van der Waals surface area (Å²) in [5.41, 5.74) is 3.26. The van der Waals surface area contributed by atoms with E-state index in [9.17, 15) is 14.4 Å². The van der Waals surface area contributed by atoms with Crippen LogP contribution in [0.5, 0.6) is 0 Å². The topological polar surface area (TPSA) is 84.3 Å². The van der Waals surface area contributed by atoms with E-state index >= 15 is 0 Å². The number of hydrogen-bond acceptors (Lipinski definition) is 4. The van der Waals surface area contributed by atoms with Gasteiger partial charge in [-0.15, -0.1) is 0 Å². The van der Waals surface area contributed by atoms with Crippen LogP contribution in [0.1, 0.15) is 35.0 Å². The normalized spacial score (nSPS) is 14.8. The Bertz CT molecular complexity index is 1250. The van der Waals surface area contributed by atoms with E-state index in [-0.39, 0.29) is 42.1 Å². The third-order valence-electron chi connectivity index (χ3n) is 5.54. The van der Waals surface area contributed by atoms with Crippen molar-refractivity contribution in [3.8, 4) is 0 Å². The first-order valence-corrected chi connectivity index (χ1v) is 10.8. The summed E-state index contributed by atoms with van der Waals surface area (Å²) in [5, 5.41) is 7.57. The SMILES string of the molecule is Cc1ccc(Cl)cc1NC(=O)CCn1nc(C(=O)N2c3ccccc3CC2C)ccc1=O. The van der Waals surface area contributed by atoms with Crippen molar-refractivity contribution < 1.29 is 9.59 Å². The predicted molar refractivity (Wildman–Crippen MR) is 124 cm³/mol. The van der Waals surface area contributed by atoms with Gasteiger partial charge in [-0.2, -0.15) is 5.10 Å². The zero-order chi connectivity index (χ0) is 22.8. The van der Waals surface area contributed by atoms with Crippen LogP contribution < -0.4 is 15.8 Å². The van der Waals surface area contributed by atoms with E-state index in [0.29, 0.717) is 10.7 Å². The summed E-state index contributed by atoms with van der Waals surface area (Å²) in [4.78, 5) is 39.6. The molecule has 1 aliphatic rings. The summed E-state index contributed by atoms with van der Waals surface area (Å²) in [6.07, 6.45) is 0.796. The minimum absolute atomic E-state index is 0.00575. The van der Waals surface area contributed by atoms with Crippen LogP contribution in [0.15, 0.2) is 59.4 Å². The van der Waals surface area contributed by atoms with E-state index in [0.717, 1.165) is 27.9 Å². The number of anilines is 2. The van der Waals surface area contributed by atoms with Gasteiger partial charge >= 0.3 is 0 Å². The maximum atomic E-state index is 13.2. The van der Waals surface area contributed by atoms with Gasteiger partial charge in [0, 0.05) is 34.9 Å². The molecular weight excluding hydrogens is 428 g/mol. The van der Waals surface area contributed by atoms with E-state index in [1.807, 2.05) is 44.2 Å². The first-order valence-electron chi connectivity index (χ1n) is 10.4. The van der Waals surface area contributed by atoms with Gasteiger partial charge in [0.2, 0.25) is 5.91 Å². The number of fused-ring (bicyclic) bond motifs is 1. The molecule has 1 aromatic heterocycles. The molecule has 0 spiro atoms. The van der Waals surface area contributed by atoms with Gasteiger partial charge in [0.05, 0.1) is 6.54 Å². The fraction of sp³-hybridized carbons (Fsp3) is 0.250. The highest BCUT2D eigenvalue weighted by Gasteiger charge is 2.32. The largest absolute Gasteiger partial charge is 0.326 e. The van der Waals surface area contributed by atoms with Gasteiger partial charge in [-0.1, -0.05) is 35.9 Å². The standard InChI is InChI=1S/C24H23ClN4O3/c1-15-7-8-18(25)14-20(15)26-22(30)11-12-28-23(31)10-9-19(27-28)24(32)29-16(2)13-17-5-3-4-6-21(17)29/h3-10,14,16H,11-13H2,1-2H3,(H,26,30). The van der Waals surface area contributed by atoms with Crippen molar-refractivity contribution >= 4 is 34.8 Å². The lowest BCUT2D eigenvalue weighted by molar-refractivity contribution is -0.116. The molecule has 8 heteroatoms. The van der Waals surface area contributed by atoms with Crippen LogP contribution in [0.3, 0.4) is 0 Å². The molecule has 1 aliphatic heterocycles. The fourth-order valence-corrected chi connectivity index (χ4v) is 4.04. The summed E-state index contributed by atoms with van der Waals surface area (Å²) in [7, 11) is 0. The quantitative estimate of drug-likeness (QED) is 0.640. The summed E-state index contributed by atoms with van der Waals surface area (Å²) < 4.78 is 1.16. The lowest BCUT2D eigenvalue weighted by atomic mass is 10.1. The van der Waals surface area contributed by atoms with E-state index in [1.54, 1.807) is 17.0 Å². The third-order valence-corrected chi connectivity index (χ3v) is 5.77. The van der Waals surface area contributed by atoms with Crippen LogP contribution in [-0.2, 0) is 17.8 Å². The number of aromatic nitrogens is 2. The van der Waals surface area contributed by atoms with Crippen LogP contribution in [-0.4, -0.2) is 27.6 Å². The smallest absolute Gasteiger partial charge is 0.278 e. The van der Waals surface area contributed by atoms with Crippen LogP contribution in [0, 0.1) is 6.92 Å². The van der Waals surface area contributed by atoms with Gasteiger partial charge in [-0.05, 0) is 55.7 Å². The van der Waals surface area contributed by atoms with Gasteiger partial charge in [0.25, 0.3) is 11.5 Å². The van der Waals surface area contributed by atoms with E-state index in [4.69, 9.17) is 11.6 Å². The van der Waals surface area contributed by atoms with Crippen molar-refractivity contribution in [1.82, 2.24) is 9.78 Å². The number of nitrogens with zero attached hydrogens (tertiary/aromatic N) is 3. The number of amides is 2. The lowest BCUT2D eigenvalue weighted by Gasteiger charge is -2.22. The maximum absolute atomic E-state index is 13.2. The summed E-state index contributed by atoms with van der Waals surface area (Å²) >= 11 is 5.99. The Kier molecular flexibility index (Phi) is 6.10. The van der Waals surface area contributed by atoms with Gasteiger partial charge in [0.1, 0.15) is 5.69 Å². The van der Waals surface area contributed by atoms with Gasteiger partial charge in [-0.25, -0.2) is 4.68 Å². The predicted octanol–water partition coefficient (Wildman–Crippen LogP) is 3.83. The van der Waals surface area contributed by atoms with E-state index in [2.05, 4.69) is 10.4 Å². The Morgan fingerprint density at radius 3 is 2.75 bits per heavy atom. The number of benzene rings is 2. The molecule has 0 saturated heterocycles. The second kappa shape index (κ2) is 8.96. The molecule has 7 nitrogen and oxygen atoms in total. The molecule has 0 aliphatic carbocycles. The number of aryl methyl sites for hydroxylation is 2. The molecule has 2 heterocycles. The second-order valence-electron chi connectivity index (χ2n) is 7.89. The number of carbonyl (C=O) groups is 2. The highest BCUT2D eigenvalue weighted by Crippen LogP contribution is 2.32. The molecule has 1 N–H and O–H groups in total. The van der Waals surface area contributed by atoms with Gasteiger partial charge in [0.15, 0.2) is 0 Å². The van der Waals surface area contributed by atoms with Crippen molar-refractivity contribution in [3.63, 3.8) is 0 Å². The number of para-hydroxylation sites is 1. The Balaban J connectivity index is 1.48. The van der Waals surface area contributed by atoms with Crippen molar-refractivity contribution in [2.24, 2.45) is 0 Å². The first kappa shape index (κ1) is 21.8. The first-order chi connectivity index (χ1) is 15.3. The zero-order valence-corrected chi connectivity index (χ0v) is 18.6. The second-order valence-corrected chi connectivity index (χ2v) is 8.33. The molecule has 32 heavy (non-hydrogen) atoms. The number of hydrogen-bond donors (Lipinski definition) is 1. The highest BCUT2D eigenvalue weighted by molar-refractivity contribution is 6.31. The fourth-order valence-electron chi connectivity index (χ4n) is 3.87. The Labute approximate surface area is 190 Å². The molecule has 2 aromatic carbocycles. The molecule has 1 atom stereocenters. The average molecular weight is 451 g/mol. The van der Waals surface area contributed by atoms with Gasteiger partial charge < -0.3 is 10.2 Å². The molecule has 2 amide bonds. The molecule has 0 radical (unpaired) electrons.